The molecule has 2 aromatic carbocycles. The van der Waals surface area contributed by atoms with Crippen molar-refractivity contribution in [3.8, 4) is 16.8 Å². The summed E-state index contributed by atoms with van der Waals surface area (Å²) in [6, 6.07) is 13.5. The number of hydrogen-bond donors (Lipinski definition) is 3. The van der Waals surface area contributed by atoms with Crippen LogP contribution in [0, 0.1) is 5.82 Å². The molecular weight excluding hydrogens is 513 g/mol. The molecule has 204 valence electrons. The Morgan fingerprint density at radius 1 is 1.15 bits per heavy atom. The van der Waals surface area contributed by atoms with Gasteiger partial charge >= 0.3 is 0 Å². The van der Waals surface area contributed by atoms with Gasteiger partial charge in [0.1, 0.15) is 29.2 Å². The molecule has 0 aliphatic carbocycles. The van der Waals surface area contributed by atoms with Crippen LogP contribution in [0.15, 0.2) is 65.8 Å². The number of anilines is 2. The van der Waals surface area contributed by atoms with Gasteiger partial charge in [-0.3, -0.25) is 14.3 Å². The SMILES string of the molecule is CC(O)Cn1cc(-c2ccc(NC(=O)c3c4n(n(-c5ccccc5)c3=O)CCCC4)cc2F)c2c(N)ncnc21. The van der Waals surface area contributed by atoms with Gasteiger partial charge in [-0.2, -0.15) is 0 Å². The topological polar surface area (TPSA) is 133 Å². The monoisotopic (exact) mass is 541 g/mol. The first-order valence-electron chi connectivity index (χ1n) is 13.1. The van der Waals surface area contributed by atoms with E-state index in [2.05, 4.69) is 15.3 Å². The number of hydrogen-bond acceptors (Lipinski definition) is 6. The Morgan fingerprint density at radius 2 is 1.95 bits per heavy atom. The van der Waals surface area contributed by atoms with E-state index in [0.717, 1.165) is 12.8 Å². The van der Waals surface area contributed by atoms with Crippen molar-refractivity contribution in [2.75, 3.05) is 11.1 Å². The summed E-state index contributed by atoms with van der Waals surface area (Å²) in [4.78, 5) is 35.2. The Bertz CT molecular complexity index is 1800. The Hall–Kier alpha value is -4.77. The Balaban J connectivity index is 1.35. The molecule has 6 rings (SSSR count). The summed E-state index contributed by atoms with van der Waals surface area (Å²) in [5.74, 6) is -0.990. The molecule has 1 aliphatic rings. The number of fused-ring (bicyclic) bond motifs is 2. The van der Waals surface area contributed by atoms with E-state index in [1.807, 2.05) is 35.0 Å². The van der Waals surface area contributed by atoms with Gasteiger partial charge < -0.3 is 20.7 Å². The van der Waals surface area contributed by atoms with Crippen LogP contribution in [0.1, 0.15) is 35.8 Å². The largest absolute Gasteiger partial charge is 0.392 e. The number of nitrogens with two attached hydrogens (primary N) is 1. The van der Waals surface area contributed by atoms with Crippen LogP contribution in [0.2, 0.25) is 0 Å². The van der Waals surface area contributed by atoms with E-state index in [1.54, 1.807) is 28.4 Å². The molecule has 1 aliphatic heterocycles. The second kappa shape index (κ2) is 10.1. The molecule has 1 unspecified atom stereocenters. The predicted octanol–water partition coefficient (Wildman–Crippen LogP) is 3.74. The number of aliphatic hydroxyl groups excluding tert-OH is 1. The molecular formula is C29H28FN7O3. The minimum Gasteiger partial charge on any atom is -0.392 e. The third-order valence-electron chi connectivity index (χ3n) is 7.17. The summed E-state index contributed by atoms with van der Waals surface area (Å²) in [5, 5.41) is 13.1. The van der Waals surface area contributed by atoms with Crippen molar-refractivity contribution in [3.05, 3.63) is 88.5 Å². The summed E-state index contributed by atoms with van der Waals surface area (Å²) in [5.41, 5.74) is 8.55. The van der Waals surface area contributed by atoms with Gasteiger partial charge in [0, 0.05) is 36.1 Å². The highest BCUT2D eigenvalue weighted by molar-refractivity contribution is 6.05. The van der Waals surface area contributed by atoms with E-state index in [9.17, 15) is 14.7 Å². The molecule has 0 saturated heterocycles. The van der Waals surface area contributed by atoms with E-state index in [1.165, 1.54) is 18.5 Å². The minimum atomic E-state index is -0.659. The number of carbonyl (C=O) groups is 1. The molecule has 0 bridgehead atoms. The maximum Gasteiger partial charge on any atom is 0.284 e. The maximum absolute atomic E-state index is 15.5. The molecule has 10 nitrogen and oxygen atoms in total. The minimum absolute atomic E-state index is 0.0687. The second-order valence-corrected chi connectivity index (χ2v) is 10.0. The lowest BCUT2D eigenvalue weighted by Crippen LogP contribution is -2.25. The first-order chi connectivity index (χ1) is 19.3. The van der Waals surface area contributed by atoms with Crippen LogP contribution < -0.4 is 16.6 Å². The summed E-state index contributed by atoms with van der Waals surface area (Å²) < 4.78 is 20.7. The Morgan fingerprint density at radius 3 is 2.70 bits per heavy atom. The molecule has 0 radical (unpaired) electrons. The van der Waals surface area contributed by atoms with Crippen LogP contribution in [0.25, 0.3) is 27.8 Å². The van der Waals surface area contributed by atoms with Crippen molar-refractivity contribution in [2.45, 2.75) is 45.4 Å². The van der Waals surface area contributed by atoms with E-state index in [4.69, 9.17) is 5.73 Å². The van der Waals surface area contributed by atoms with Gasteiger partial charge in [-0.25, -0.2) is 19.0 Å². The highest BCUT2D eigenvalue weighted by Crippen LogP contribution is 2.35. The lowest BCUT2D eigenvalue weighted by Gasteiger charge is -2.19. The fourth-order valence-electron chi connectivity index (χ4n) is 5.47. The van der Waals surface area contributed by atoms with Crippen molar-refractivity contribution < 1.29 is 14.3 Å². The number of rotatable bonds is 6. The highest BCUT2D eigenvalue weighted by Gasteiger charge is 2.28. The van der Waals surface area contributed by atoms with Crippen LogP contribution in [0.5, 0.6) is 0 Å². The second-order valence-electron chi connectivity index (χ2n) is 10.0. The lowest BCUT2D eigenvalue weighted by molar-refractivity contribution is 0.102. The van der Waals surface area contributed by atoms with Crippen LogP contribution in [-0.4, -0.2) is 41.0 Å². The Kier molecular flexibility index (Phi) is 6.43. The van der Waals surface area contributed by atoms with Gasteiger partial charge in [-0.15, -0.1) is 0 Å². The summed E-state index contributed by atoms with van der Waals surface area (Å²) in [7, 11) is 0. The summed E-state index contributed by atoms with van der Waals surface area (Å²) >= 11 is 0. The van der Waals surface area contributed by atoms with Crippen LogP contribution in [-0.2, 0) is 19.5 Å². The third-order valence-corrected chi connectivity index (χ3v) is 7.17. The molecule has 1 atom stereocenters. The van der Waals surface area contributed by atoms with E-state index < -0.39 is 23.4 Å². The summed E-state index contributed by atoms with van der Waals surface area (Å²) in [6.45, 7) is 2.52. The normalized spacial score (nSPS) is 13.8. The van der Waals surface area contributed by atoms with Crippen molar-refractivity contribution in [2.24, 2.45) is 0 Å². The Labute approximate surface area is 228 Å². The molecule has 1 amide bonds. The molecule has 11 heteroatoms. The van der Waals surface area contributed by atoms with Crippen LogP contribution in [0.3, 0.4) is 0 Å². The number of nitrogen functional groups attached to an aromatic ring is 1. The third kappa shape index (κ3) is 4.34. The first-order valence-corrected chi connectivity index (χ1v) is 13.1. The van der Waals surface area contributed by atoms with Gasteiger partial charge in [-0.05, 0) is 56.5 Å². The first kappa shape index (κ1) is 25.5. The van der Waals surface area contributed by atoms with Crippen molar-refractivity contribution in [1.29, 1.82) is 0 Å². The molecule has 0 saturated carbocycles. The smallest absolute Gasteiger partial charge is 0.284 e. The fraction of sp³-hybridized carbons (Fsp3) is 0.241. The number of para-hydroxylation sites is 1. The van der Waals surface area contributed by atoms with Gasteiger partial charge in [0.05, 0.1) is 22.9 Å². The van der Waals surface area contributed by atoms with Crippen LogP contribution in [0.4, 0.5) is 15.9 Å². The quantitative estimate of drug-likeness (QED) is 0.300. The van der Waals surface area contributed by atoms with E-state index >= 15 is 4.39 Å². The molecule has 0 spiro atoms. The van der Waals surface area contributed by atoms with Crippen LogP contribution >= 0.6 is 0 Å². The average Bonchev–Trinajstić information content (AvgIpc) is 3.44. The molecule has 4 heterocycles. The molecule has 3 aromatic heterocycles. The number of nitrogens with zero attached hydrogens (tertiary/aromatic N) is 5. The number of benzene rings is 2. The van der Waals surface area contributed by atoms with Gasteiger partial charge in [0.15, 0.2) is 0 Å². The molecule has 0 fully saturated rings. The lowest BCUT2D eigenvalue weighted by atomic mass is 10.0. The predicted molar refractivity (Wildman–Crippen MR) is 150 cm³/mol. The number of nitrogens with one attached hydrogen (secondary N) is 1. The number of amides is 1. The fourth-order valence-corrected chi connectivity index (χ4v) is 5.47. The van der Waals surface area contributed by atoms with Crippen molar-refractivity contribution in [3.63, 3.8) is 0 Å². The number of carbonyl (C=O) groups excluding carboxylic acids is 1. The van der Waals surface area contributed by atoms with Gasteiger partial charge in [0.25, 0.3) is 11.5 Å². The molecule has 40 heavy (non-hydrogen) atoms. The molecule has 5 aromatic rings. The number of aromatic nitrogens is 5. The average molecular weight is 542 g/mol. The maximum atomic E-state index is 15.5. The van der Waals surface area contributed by atoms with E-state index in [0.29, 0.717) is 40.9 Å². The zero-order valence-electron chi connectivity index (χ0n) is 21.8. The summed E-state index contributed by atoms with van der Waals surface area (Å²) in [6.07, 6.45) is 4.72. The highest BCUT2D eigenvalue weighted by atomic mass is 19.1. The van der Waals surface area contributed by atoms with E-state index in [-0.39, 0.29) is 29.2 Å². The zero-order valence-corrected chi connectivity index (χ0v) is 21.8. The standard InChI is InChI=1S/C29H28FN7O3/c1-17(38)14-35-15-21(24-26(31)32-16-33-27(24)35)20-11-10-18(13-22(20)30)34-28(39)25-23-9-5-6-12-36(23)37(29(25)40)19-7-3-2-4-8-19/h2-4,7-8,10-11,13,15-17,38H,5-6,9,12,14H2,1H3,(H,34,39)(H2,31,32,33). The number of aliphatic hydroxyl groups is 1. The van der Waals surface area contributed by atoms with Gasteiger partial charge in [0.2, 0.25) is 0 Å². The van der Waals surface area contributed by atoms with Crippen molar-refractivity contribution in [1.82, 2.24) is 23.9 Å². The number of halogens is 1. The zero-order chi connectivity index (χ0) is 28.0. The van der Waals surface area contributed by atoms with Gasteiger partial charge in [-0.1, -0.05) is 18.2 Å². The van der Waals surface area contributed by atoms with Crippen molar-refractivity contribution >= 4 is 28.4 Å². The molecule has 4 N–H and O–H groups in total.